The molecule has 0 saturated carbocycles. The van der Waals surface area contributed by atoms with Gasteiger partial charge in [0.25, 0.3) is 5.91 Å². The van der Waals surface area contributed by atoms with E-state index in [1.807, 2.05) is 40.9 Å². The first-order chi connectivity index (χ1) is 15.7. The third kappa shape index (κ3) is 7.97. The molecule has 32 heavy (non-hydrogen) atoms. The molecule has 1 heterocycles. The summed E-state index contributed by atoms with van der Waals surface area (Å²) in [5.41, 5.74) is 2.58. The van der Waals surface area contributed by atoms with Gasteiger partial charge in [0.2, 0.25) is 5.91 Å². The molecule has 1 aliphatic rings. The van der Waals surface area contributed by atoms with E-state index >= 15 is 0 Å². The van der Waals surface area contributed by atoms with Crippen molar-refractivity contribution in [3.63, 3.8) is 0 Å². The molecule has 0 aliphatic carbocycles. The second kappa shape index (κ2) is 13.3. The normalized spacial score (nSPS) is 13.9. The first-order valence-corrected chi connectivity index (χ1v) is 12.3. The Morgan fingerprint density at radius 3 is 2.59 bits per heavy atom. The van der Waals surface area contributed by atoms with Gasteiger partial charge < -0.3 is 15.0 Å². The van der Waals surface area contributed by atoms with E-state index in [1.54, 1.807) is 13.2 Å². The highest BCUT2D eigenvalue weighted by Gasteiger charge is 2.19. The van der Waals surface area contributed by atoms with Gasteiger partial charge >= 0.3 is 0 Å². The lowest BCUT2D eigenvalue weighted by Gasteiger charge is -2.26. The van der Waals surface area contributed by atoms with Crippen molar-refractivity contribution in [2.75, 3.05) is 63.3 Å². The monoisotopic (exact) mass is 455 g/mol. The number of rotatable bonds is 11. The summed E-state index contributed by atoms with van der Waals surface area (Å²) in [6.07, 6.45) is 1.95. The number of aryl methyl sites for hydroxylation is 1. The summed E-state index contributed by atoms with van der Waals surface area (Å²) >= 11 is 1.87. The molecule has 2 aromatic rings. The molecule has 2 aromatic carbocycles. The van der Waals surface area contributed by atoms with Crippen molar-refractivity contribution in [1.29, 1.82) is 0 Å². The molecule has 2 amide bonds. The van der Waals surface area contributed by atoms with Crippen LogP contribution in [-0.4, -0.2) is 79.6 Å². The second-order valence-corrected chi connectivity index (χ2v) is 9.12. The van der Waals surface area contributed by atoms with Crippen LogP contribution in [0.4, 0.5) is 5.69 Å². The number of methoxy groups -OCH3 is 1. The number of thioether (sulfide) groups is 1. The Hall–Kier alpha value is -2.35. The number of hydrogen-bond acceptors (Lipinski definition) is 5. The van der Waals surface area contributed by atoms with E-state index in [2.05, 4.69) is 34.5 Å². The summed E-state index contributed by atoms with van der Waals surface area (Å²) in [5.74, 6) is 1.90. The Labute approximate surface area is 195 Å². The predicted molar refractivity (Wildman–Crippen MR) is 131 cm³/mol. The number of ether oxygens (including phenoxy) is 1. The smallest absolute Gasteiger partial charge is 0.253 e. The van der Waals surface area contributed by atoms with E-state index in [4.69, 9.17) is 4.74 Å². The molecule has 7 heteroatoms. The summed E-state index contributed by atoms with van der Waals surface area (Å²) in [6, 6.07) is 17.6. The van der Waals surface area contributed by atoms with Crippen LogP contribution in [0, 0.1) is 0 Å². The quantitative estimate of drug-likeness (QED) is 0.563. The van der Waals surface area contributed by atoms with E-state index in [1.165, 1.54) is 5.56 Å². The summed E-state index contributed by atoms with van der Waals surface area (Å²) < 4.78 is 5.22. The molecule has 1 fully saturated rings. The molecule has 0 bridgehead atoms. The highest BCUT2D eigenvalue weighted by molar-refractivity contribution is 7.99. The minimum atomic E-state index is -0.0835. The zero-order valence-electron chi connectivity index (χ0n) is 18.8. The summed E-state index contributed by atoms with van der Waals surface area (Å²) in [4.78, 5) is 29.5. The molecule has 0 spiro atoms. The van der Waals surface area contributed by atoms with Gasteiger partial charge in [-0.1, -0.05) is 36.4 Å². The standard InChI is InChI=1S/C25H33N3O3S/c1-31-16-13-27(12-6-9-21-7-3-2-4-8-21)20-24(29)26-23-11-5-10-22(19-23)25(30)28-14-17-32-18-15-28/h2-5,7-8,10-11,19H,6,9,12-18,20H2,1H3,(H,26,29). The largest absolute Gasteiger partial charge is 0.383 e. The van der Waals surface area contributed by atoms with Crippen molar-refractivity contribution in [2.45, 2.75) is 12.8 Å². The molecule has 0 unspecified atom stereocenters. The lowest BCUT2D eigenvalue weighted by atomic mass is 10.1. The Kier molecular flexibility index (Phi) is 10.1. The summed E-state index contributed by atoms with van der Waals surface area (Å²) in [7, 11) is 1.67. The maximum Gasteiger partial charge on any atom is 0.253 e. The Balaban J connectivity index is 1.52. The van der Waals surface area contributed by atoms with Crippen LogP contribution in [0.2, 0.25) is 0 Å². The van der Waals surface area contributed by atoms with Gasteiger partial charge in [0.15, 0.2) is 0 Å². The van der Waals surface area contributed by atoms with Gasteiger partial charge in [-0.25, -0.2) is 0 Å². The average Bonchev–Trinajstić information content (AvgIpc) is 2.83. The van der Waals surface area contributed by atoms with Gasteiger partial charge in [0.1, 0.15) is 0 Å². The fourth-order valence-electron chi connectivity index (χ4n) is 3.72. The third-order valence-corrected chi connectivity index (χ3v) is 6.40. The molecule has 0 aromatic heterocycles. The highest BCUT2D eigenvalue weighted by Crippen LogP contribution is 2.16. The van der Waals surface area contributed by atoms with Crippen molar-refractivity contribution < 1.29 is 14.3 Å². The number of hydrogen-bond donors (Lipinski definition) is 1. The SMILES string of the molecule is COCCN(CCCc1ccccc1)CC(=O)Nc1cccc(C(=O)N2CCSCC2)c1. The zero-order chi connectivity index (χ0) is 22.6. The molecule has 0 radical (unpaired) electrons. The number of carbonyl (C=O) groups is 2. The number of anilines is 1. The Morgan fingerprint density at radius 1 is 1.06 bits per heavy atom. The highest BCUT2D eigenvalue weighted by atomic mass is 32.2. The summed E-state index contributed by atoms with van der Waals surface area (Å²) in [6.45, 7) is 3.94. The molecule has 1 aliphatic heterocycles. The van der Waals surface area contributed by atoms with E-state index in [9.17, 15) is 9.59 Å². The van der Waals surface area contributed by atoms with Crippen LogP contribution in [-0.2, 0) is 16.0 Å². The molecule has 1 saturated heterocycles. The van der Waals surface area contributed by atoms with Crippen LogP contribution in [0.3, 0.4) is 0 Å². The van der Waals surface area contributed by atoms with Crippen LogP contribution in [0.5, 0.6) is 0 Å². The molecule has 1 N–H and O–H groups in total. The van der Waals surface area contributed by atoms with Crippen LogP contribution >= 0.6 is 11.8 Å². The number of nitrogens with one attached hydrogen (secondary N) is 1. The third-order valence-electron chi connectivity index (χ3n) is 5.45. The minimum absolute atomic E-state index is 0.0315. The molecular formula is C25H33N3O3S. The molecule has 0 atom stereocenters. The summed E-state index contributed by atoms with van der Waals surface area (Å²) in [5, 5.41) is 2.96. The number of carbonyl (C=O) groups excluding carboxylic acids is 2. The van der Waals surface area contributed by atoms with Crippen molar-refractivity contribution in [3.05, 3.63) is 65.7 Å². The van der Waals surface area contributed by atoms with Gasteiger partial charge in [-0.2, -0.15) is 11.8 Å². The van der Waals surface area contributed by atoms with Gasteiger partial charge in [-0.15, -0.1) is 0 Å². The van der Waals surface area contributed by atoms with Crippen LogP contribution in [0.25, 0.3) is 0 Å². The van der Waals surface area contributed by atoms with Crippen LogP contribution < -0.4 is 5.32 Å². The zero-order valence-corrected chi connectivity index (χ0v) is 19.6. The fourth-order valence-corrected chi connectivity index (χ4v) is 4.63. The van der Waals surface area contributed by atoms with Gasteiger partial charge in [0.05, 0.1) is 13.2 Å². The van der Waals surface area contributed by atoms with Crippen molar-refractivity contribution >= 4 is 29.3 Å². The number of amides is 2. The number of nitrogens with zero attached hydrogens (tertiary/aromatic N) is 2. The van der Waals surface area contributed by atoms with E-state index in [0.29, 0.717) is 30.9 Å². The van der Waals surface area contributed by atoms with Crippen molar-refractivity contribution in [1.82, 2.24) is 9.80 Å². The maximum absolute atomic E-state index is 12.8. The van der Waals surface area contributed by atoms with Crippen molar-refractivity contribution in [3.8, 4) is 0 Å². The van der Waals surface area contributed by atoms with E-state index < -0.39 is 0 Å². The second-order valence-electron chi connectivity index (χ2n) is 7.89. The number of benzene rings is 2. The molecule has 3 rings (SSSR count). The molecule has 172 valence electrons. The topological polar surface area (TPSA) is 61.9 Å². The fraction of sp³-hybridized carbons (Fsp3) is 0.440. The lowest BCUT2D eigenvalue weighted by Crippen LogP contribution is -2.38. The lowest BCUT2D eigenvalue weighted by molar-refractivity contribution is -0.117. The Bertz CT molecular complexity index is 857. The minimum Gasteiger partial charge on any atom is -0.383 e. The molecular weight excluding hydrogens is 422 g/mol. The van der Waals surface area contributed by atoms with Crippen LogP contribution in [0.1, 0.15) is 22.3 Å². The van der Waals surface area contributed by atoms with E-state index in [-0.39, 0.29) is 11.8 Å². The van der Waals surface area contributed by atoms with Crippen molar-refractivity contribution in [2.24, 2.45) is 0 Å². The maximum atomic E-state index is 12.8. The van der Waals surface area contributed by atoms with Gasteiger partial charge in [-0.05, 0) is 43.1 Å². The first-order valence-electron chi connectivity index (χ1n) is 11.2. The first kappa shape index (κ1) is 24.3. The predicted octanol–water partition coefficient (Wildman–Crippen LogP) is 3.40. The average molecular weight is 456 g/mol. The molecule has 6 nitrogen and oxygen atoms in total. The van der Waals surface area contributed by atoms with Crippen LogP contribution in [0.15, 0.2) is 54.6 Å². The van der Waals surface area contributed by atoms with Gasteiger partial charge in [-0.3, -0.25) is 14.5 Å². The Morgan fingerprint density at radius 2 is 1.84 bits per heavy atom. The van der Waals surface area contributed by atoms with E-state index in [0.717, 1.165) is 44.0 Å². The van der Waals surface area contributed by atoms with Gasteiger partial charge in [0, 0.05) is 49.5 Å².